The first-order valence-corrected chi connectivity index (χ1v) is 9.59. The Bertz CT molecular complexity index is 1120. The molecule has 1 aliphatic heterocycles. The number of aromatic nitrogens is 2. The molecule has 8 heteroatoms. The van der Waals surface area contributed by atoms with Crippen LogP contribution in [0.3, 0.4) is 0 Å². The molecule has 1 aromatic carbocycles. The highest BCUT2D eigenvalue weighted by molar-refractivity contribution is 5.69. The number of para-hydroxylation sites is 1. The molecule has 150 valence electrons. The van der Waals surface area contributed by atoms with E-state index >= 15 is 0 Å². The molecule has 0 atom stereocenters. The Labute approximate surface area is 167 Å². The zero-order valence-corrected chi connectivity index (χ0v) is 16.3. The van der Waals surface area contributed by atoms with Crippen molar-refractivity contribution in [3.63, 3.8) is 0 Å². The maximum Gasteiger partial charge on any atom is 0.280 e. The predicted molar refractivity (Wildman–Crippen MR) is 108 cm³/mol. The summed E-state index contributed by atoms with van der Waals surface area (Å²) in [4.78, 5) is 32.9. The molecule has 0 aliphatic carbocycles. The fourth-order valence-corrected chi connectivity index (χ4v) is 3.58. The van der Waals surface area contributed by atoms with Crippen molar-refractivity contribution >= 4 is 5.69 Å². The number of hydrogen-bond donors (Lipinski definition) is 1. The summed E-state index contributed by atoms with van der Waals surface area (Å²) >= 11 is 0. The Hall–Kier alpha value is -3.26. The number of nitrogens with zero attached hydrogens (tertiary/aromatic N) is 3. The number of benzene rings is 1. The smallest absolute Gasteiger partial charge is 0.280 e. The van der Waals surface area contributed by atoms with Gasteiger partial charge in [-0.05, 0) is 18.2 Å². The minimum atomic E-state index is -0.413. The number of nitrogens with one attached hydrogen (secondary N) is 1. The molecule has 0 fully saturated rings. The average Bonchev–Trinajstić information content (AvgIpc) is 3.16. The highest BCUT2D eigenvalue weighted by atomic mass is 16.6. The Kier molecular flexibility index (Phi) is 5.02. The second-order valence-electron chi connectivity index (χ2n) is 7.53. The maximum atomic E-state index is 12.5. The number of rotatable bonds is 5. The van der Waals surface area contributed by atoms with Crippen molar-refractivity contribution < 1.29 is 9.34 Å². The quantitative estimate of drug-likeness (QED) is 0.523. The number of nitro benzene ring substituents is 1. The Morgan fingerprint density at radius 1 is 1.28 bits per heavy atom. The summed E-state index contributed by atoms with van der Waals surface area (Å²) in [6.07, 6.45) is 0.705. The van der Waals surface area contributed by atoms with Crippen LogP contribution in [0.1, 0.15) is 42.6 Å². The third-order valence-electron chi connectivity index (χ3n) is 5.12. The lowest BCUT2D eigenvalue weighted by Crippen LogP contribution is -2.35. The van der Waals surface area contributed by atoms with Gasteiger partial charge >= 0.3 is 0 Å². The van der Waals surface area contributed by atoms with Crippen molar-refractivity contribution in [2.24, 2.45) is 0 Å². The monoisotopic (exact) mass is 394 g/mol. The molecule has 0 radical (unpaired) electrons. The van der Waals surface area contributed by atoms with Crippen LogP contribution in [0.4, 0.5) is 5.69 Å². The fraction of sp³-hybridized carbons (Fsp3) is 0.333. The van der Waals surface area contributed by atoms with Crippen LogP contribution in [0.25, 0.3) is 11.3 Å². The third kappa shape index (κ3) is 3.84. The molecule has 3 heterocycles. The van der Waals surface area contributed by atoms with Gasteiger partial charge in [-0.15, -0.1) is 0 Å². The average molecular weight is 394 g/mol. The Morgan fingerprint density at radius 3 is 2.83 bits per heavy atom. The number of nitro groups is 1. The summed E-state index contributed by atoms with van der Waals surface area (Å²) in [5.41, 5.74) is 1.96. The van der Waals surface area contributed by atoms with E-state index in [1.54, 1.807) is 24.3 Å². The molecule has 4 rings (SSSR count). The topological polar surface area (TPSA) is 105 Å². The summed E-state index contributed by atoms with van der Waals surface area (Å²) in [6.45, 7) is 5.79. The molecule has 1 aliphatic rings. The van der Waals surface area contributed by atoms with Crippen molar-refractivity contribution in [3.05, 3.63) is 79.7 Å². The molecule has 0 amide bonds. The van der Waals surface area contributed by atoms with E-state index in [2.05, 4.69) is 14.9 Å². The third-order valence-corrected chi connectivity index (χ3v) is 5.12. The van der Waals surface area contributed by atoms with Crippen LogP contribution >= 0.6 is 0 Å². The van der Waals surface area contributed by atoms with E-state index in [0.717, 1.165) is 18.1 Å². The number of H-pyrrole nitrogens is 1. The number of furan rings is 1. The van der Waals surface area contributed by atoms with Gasteiger partial charge in [-0.1, -0.05) is 26.0 Å². The van der Waals surface area contributed by atoms with Gasteiger partial charge < -0.3 is 9.40 Å². The van der Waals surface area contributed by atoms with E-state index in [1.807, 2.05) is 19.9 Å². The number of aromatic amines is 1. The van der Waals surface area contributed by atoms with Crippen LogP contribution in [0.15, 0.2) is 45.6 Å². The predicted octanol–water partition coefficient (Wildman–Crippen LogP) is 3.62. The molecule has 2 aromatic heterocycles. The van der Waals surface area contributed by atoms with E-state index in [-0.39, 0.29) is 17.2 Å². The van der Waals surface area contributed by atoms with Gasteiger partial charge in [0.05, 0.1) is 28.3 Å². The molecule has 3 aromatic rings. The van der Waals surface area contributed by atoms with E-state index in [1.165, 1.54) is 6.07 Å². The van der Waals surface area contributed by atoms with Crippen molar-refractivity contribution in [3.8, 4) is 11.3 Å². The normalized spacial score (nSPS) is 14.2. The molecular formula is C21H22N4O4. The largest absolute Gasteiger partial charge is 0.459 e. The van der Waals surface area contributed by atoms with Gasteiger partial charge in [-0.3, -0.25) is 19.8 Å². The van der Waals surface area contributed by atoms with Crippen LogP contribution in [0.5, 0.6) is 0 Å². The summed E-state index contributed by atoms with van der Waals surface area (Å²) in [7, 11) is 0. The van der Waals surface area contributed by atoms with Gasteiger partial charge in [0.25, 0.3) is 11.2 Å². The number of hydrogen-bond acceptors (Lipinski definition) is 6. The molecule has 8 nitrogen and oxygen atoms in total. The summed E-state index contributed by atoms with van der Waals surface area (Å²) in [5, 5.41) is 11.3. The highest BCUT2D eigenvalue weighted by Crippen LogP contribution is 2.31. The van der Waals surface area contributed by atoms with Gasteiger partial charge in [0.1, 0.15) is 17.3 Å². The van der Waals surface area contributed by atoms with Crippen molar-refractivity contribution in [1.82, 2.24) is 14.9 Å². The molecule has 0 bridgehead atoms. The SMILES string of the molecule is CC(C)c1nc2c(c(=O)[nH]1)CN(Cc1ccc(-c3ccccc3[N+](=O)[O-])o1)CC2. The lowest BCUT2D eigenvalue weighted by atomic mass is 10.1. The van der Waals surface area contributed by atoms with E-state index in [0.29, 0.717) is 42.2 Å². The van der Waals surface area contributed by atoms with Gasteiger partial charge in [-0.2, -0.15) is 0 Å². The summed E-state index contributed by atoms with van der Waals surface area (Å²) in [6, 6.07) is 10.1. The van der Waals surface area contributed by atoms with Gasteiger partial charge in [0.2, 0.25) is 0 Å². The summed E-state index contributed by atoms with van der Waals surface area (Å²) < 4.78 is 5.88. The summed E-state index contributed by atoms with van der Waals surface area (Å²) in [5.74, 6) is 2.06. The number of fused-ring (bicyclic) bond motifs is 1. The minimum Gasteiger partial charge on any atom is -0.459 e. The zero-order chi connectivity index (χ0) is 20.5. The van der Waals surface area contributed by atoms with E-state index in [4.69, 9.17) is 4.42 Å². The molecule has 1 N–H and O–H groups in total. The molecule has 0 spiro atoms. The lowest BCUT2D eigenvalue weighted by Gasteiger charge is -2.27. The van der Waals surface area contributed by atoms with Crippen LogP contribution in [-0.2, 0) is 19.5 Å². The van der Waals surface area contributed by atoms with Crippen LogP contribution in [0, 0.1) is 10.1 Å². The highest BCUT2D eigenvalue weighted by Gasteiger charge is 2.23. The van der Waals surface area contributed by atoms with Crippen LogP contribution in [0.2, 0.25) is 0 Å². The molecular weight excluding hydrogens is 372 g/mol. The maximum absolute atomic E-state index is 12.5. The van der Waals surface area contributed by atoms with E-state index in [9.17, 15) is 14.9 Å². The fourth-order valence-electron chi connectivity index (χ4n) is 3.58. The Balaban J connectivity index is 1.53. The van der Waals surface area contributed by atoms with Gasteiger partial charge in [0.15, 0.2) is 0 Å². The van der Waals surface area contributed by atoms with Crippen molar-refractivity contribution in [2.45, 2.75) is 39.3 Å². The molecule has 0 saturated carbocycles. The minimum absolute atomic E-state index is 0.0128. The lowest BCUT2D eigenvalue weighted by molar-refractivity contribution is -0.384. The second kappa shape index (κ2) is 7.63. The first kappa shape index (κ1) is 19.1. The first-order valence-electron chi connectivity index (χ1n) is 9.59. The van der Waals surface area contributed by atoms with Crippen molar-refractivity contribution in [2.75, 3.05) is 6.54 Å². The van der Waals surface area contributed by atoms with Gasteiger partial charge in [-0.25, -0.2) is 4.98 Å². The van der Waals surface area contributed by atoms with Crippen LogP contribution < -0.4 is 5.56 Å². The zero-order valence-electron chi connectivity index (χ0n) is 16.3. The van der Waals surface area contributed by atoms with Gasteiger partial charge in [0, 0.05) is 31.5 Å². The molecule has 0 saturated heterocycles. The molecule has 0 unspecified atom stereocenters. The standard InChI is InChI=1S/C21H22N4O4/c1-13(2)20-22-17-9-10-24(12-16(17)21(26)23-20)11-14-7-8-19(29-14)15-5-3-4-6-18(15)25(27)28/h3-8,13H,9-12H2,1-2H3,(H,22,23,26). The van der Waals surface area contributed by atoms with E-state index < -0.39 is 4.92 Å². The molecule has 29 heavy (non-hydrogen) atoms. The Morgan fingerprint density at radius 2 is 2.07 bits per heavy atom. The first-order chi connectivity index (χ1) is 13.9. The van der Waals surface area contributed by atoms with Crippen LogP contribution in [-0.4, -0.2) is 26.3 Å². The van der Waals surface area contributed by atoms with Crippen molar-refractivity contribution in [1.29, 1.82) is 0 Å². The second-order valence-corrected chi connectivity index (χ2v) is 7.53.